The molecule has 2 N–H and O–H groups in total. The van der Waals surface area contributed by atoms with Gasteiger partial charge in [0.15, 0.2) is 0 Å². The van der Waals surface area contributed by atoms with Crippen LogP contribution in [0.2, 0.25) is 0 Å². The van der Waals surface area contributed by atoms with Crippen molar-refractivity contribution < 1.29 is 14.7 Å². The molecule has 1 unspecified atom stereocenters. The van der Waals surface area contributed by atoms with Crippen molar-refractivity contribution in [3.8, 4) is 0 Å². The number of urea groups is 1. The molecular weight excluding hydrogens is 246 g/mol. The van der Waals surface area contributed by atoms with Gasteiger partial charge in [0.05, 0.1) is 0 Å². The normalized spacial score (nSPS) is 18.1. The summed E-state index contributed by atoms with van der Waals surface area (Å²) in [5.74, 6) is -1.02. The molecular formula is C13H25N3O3. The fraction of sp³-hybridized carbons (Fsp3) is 0.846. The third-order valence-electron chi connectivity index (χ3n) is 3.98. The van der Waals surface area contributed by atoms with Crippen LogP contribution in [0.1, 0.15) is 33.6 Å². The van der Waals surface area contributed by atoms with Crippen molar-refractivity contribution in [1.29, 1.82) is 0 Å². The maximum absolute atomic E-state index is 11.9. The van der Waals surface area contributed by atoms with Gasteiger partial charge in [0.25, 0.3) is 0 Å². The minimum Gasteiger partial charge on any atom is -0.480 e. The zero-order valence-corrected chi connectivity index (χ0v) is 12.3. The first kappa shape index (κ1) is 15.8. The molecule has 1 fully saturated rings. The van der Waals surface area contributed by atoms with E-state index in [1.165, 1.54) is 38.6 Å². The van der Waals surface area contributed by atoms with Crippen molar-refractivity contribution in [2.24, 2.45) is 0 Å². The molecule has 6 heteroatoms. The van der Waals surface area contributed by atoms with Gasteiger partial charge in [0.1, 0.15) is 5.54 Å². The van der Waals surface area contributed by atoms with E-state index in [1.807, 2.05) is 0 Å². The molecule has 0 saturated carbocycles. The summed E-state index contributed by atoms with van der Waals surface area (Å²) in [5.41, 5.74) is -1.21. The lowest BCUT2D eigenvalue weighted by atomic mass is 10.1. The predicted molar refractivity (Wildman–Crippen MR) is 73.1 cm³/mol. The van der Waals surface area contributed by atoms with E-state index >= 15 is 0 Å². The largest absolute Gasteiger partial charge is 0.480 e. The Bertz CT molecular complexity index is 338. The van der Waals surface area contributed by atoms with Crippen LogP contribution in [0.5, 0.6) is 0 Å². The lowest BCUT2D eigenvalue weighted by Gasteiger charge is -2.32. The lowest BCUT2D eigenvalue weighted by molar-refractivity contribution is -0.146. The fourth-order valence-corrected chi connectivity index (χ4v) is 2.06. The Morgan fingerprint density at radius 3 is 2.37 bits per heavy atom. The van der Waals surface area contributed by atoms with Crippen LogP contribution in [-0.2, 0) is 4.79 Å². The second-order valence-corrected chi connectivity index (χ2v) is 5.70. The first-order valence-electron chi connectivity index (χ1n) is 6.76. The number of nitrogens with zero attached hydrogens (tertiary/aromatic N) is 2. The molecule has 2 amide bonds. The summed E-state index contributed by atoms with van der Waals surface area (Å²) in [6.07, 6.45) is 2.43. The highest BCUT2D eigenvalue weighted by atomic mass is 16.4. The Labute approximate surface area is 114 Å². The SMILES string of the molecule is CC(CNC(=O)N(C)C(C)(C)C(=O)O)N1CCCC1. The van der Waals surface area contributed by atoms with Gasteiger partial charge in [0.2, 0.25) is 0 Å². The molecule has 0 aliphatic carbocycles. The van der Waals surface area contributed by atoms with Gasteiger partial charge in [-0.05, 0) is 46.7 Å². The zero-order chi connectivity index (χ0) is 14.6. The van der Waals surface area contributed by atoms with Gasteiger partial charge in [-0.15, -0.1) is 0 Å². The third kappa shape index (κ3) is 3.83. The van der Waals surface area contributed by atoms with Crippen molar-refractivity contribution in [3.05, 3.63) is 0 Å². The van der Waals surface area contributed by atoms with E-state index < -0.39 is 11.5 Å². The summed E-state index contributed by atoms with van der Waals surface area (Å²) < 4.78 is 0. The summed E-state index contributed by atoms with van der Waals surface area (Å²) in [7, 11) is 1.50. The highest BCUT2D eigenvalue weighted by molar-refractivity contribution is 5.85. The van der Waals surface area contributed by atoms with Crippen LogP contribution in [0.25, 0.3) is 0 Å². The van der Waals surface area contributed by atoms with E-state index in [2.05, 4.69) is 17.1 Å². The molecule has 0 aromatic rings. The first-order valence-corrected chi connectivity index (χ1v) is 6.76. The standard InChI is InChI=1S/C13H25N3O3/c1-10(16-7-5-6-8-16)9-14-12(19)15(4)13(2,3)11(17)18/h10H,5-9H2,1-4H3,(H,14,19)(H,17,18). The molecule has 1 rings (SSSR count). The van der Waals surface area contributed by atoms with Gasteiger partial charge in [0, 0.05) is 19.6 Å². The Morgan fingerprint density at radius 1 is 1.37 bits per heavy atom. The molecule has 1 aliphatic rings. The highest BCUT2D eigenvalue weighted by Gasteiger charge is 2.35. The van der Waals surface area contributed by atoms with Crippen molar-refractivity contribution in [2.45, 2.75) is 45.2 Å². The topological polar surface area (TPSA) is 72.9 Å². The lowest BCUT2D eigenvalue weighted by Crippen LogP contribution is -2.55. The number of carbonyl (C=O) groups excluding carboxylic acids is 1. The van der Waals surface area contributed by atoms with E-state index in [0.29, 0.717) is 6.54 Å². The van der Waals surface area contributed by atoms with Crippen LogP contribution in [0.4, 0.5) is 4.79 Å². The number of hydrogen-bond acceptors (Lipinski definition) is 3. The summed E-state index contributed by atoms with van der Waals surface area (Å²) in [6.45, 7) is 7.80. The van der Waals surface area contributed by atoms with Gasteiger partial charge in [-0.2, -0.15) is 0 Å². The van der Waals surface area contributed by atoms with Crippen LogP contribution in [0.3, 0.4) is 0 Å². The van der Waals surface area contributed by atoms with Crippen LogP contribution in [-0.4, -0.2) is 65.2 Å². The number of carboxylic acid groups (broad SMARTS) is 1. The summed E-state index contributed by atoms with van der Waals surface area (Å²) in [5, 5.41) is 11.9. The number of rotatable bonds is 5. The van der Waals surface area contributed by atoms with Crippen LogP contribution in [0, 0.1) is 0 Å². The van der Waals surface area contributed by atoms with Crippen LogP contribution < -0.4 is 5.32 Å². The van der Waals surface area contributed by atoms with Crippen LogP contribution in [0.15, 0.2) is 0 Å². The fourth-order valence-electron chi connectivity index (χ4n) is 2.06. The number of carboxylic acids is 1. The monoisotopic (exact) mass is 271 g/mol. The average molecular weight is 271 g/mol. The summed E-state index contributed by atoms with van der Waals surface area (Å²) in [6, 6.07) is -0.0637. The molecule has 0 radical (unpaired) electrons. The number of amides is 2. The van der Waals surface area contributed by atoms with Crippen molar-refractivity contribution in [2.75, 3.05) is 26.7 Å². The second-order valence-electron chi connectivity index (χ2n) is 5.70. The minimum atomic E-state index is -1.21. The Kier molecular flexibility index (Phi) is 5.17. The molecule has 1 saturated heterocycles. The Morgan fingerprint density at radius 2 is 1.89 bits per heavy atom. The van der Waals surface area contributed by atoms with Gasteiger partial charge < -0.3 is 15.3 Å². The molecule has 1 heterocycles. The third-order valence-corrected chi connectivity index (χ3v) is 3.98. The zero-order valence-electron chi connectivity index (χ0n) is 12.3. The van der Waals surface area contributed by atoms with Gasteiger partial charge in [-0.25, -0.2) is 9.59 Å². The molecule has 110 valence electrons. The second kappa shape index (κ2) is 6.23. The highest BCUT2D eigenvalue weighted by Crippen LogP contribution is 2.13. The molecule has 6 nitrogen and oxygen atoms in total. The maximum Gasteiger partial charge on any atom is 0.329 e. The molecule has 0 aromatic carbocycles. The summed E-state index contributed by atoms with van der Waals surface area (Å²) >= 11 is 0. The van der Waals surface area contributed by atoms with Gasteiger partial charge in [-0.1, -0.05) is 0 Å². The molecule has 1 atom stereocenters. The molecule has 19 heavy (non-hydrogen) atoms. The van der Waals surface area contributed by atoms with Gasteiger partial charge >= 0.3 is 12.0 Å². The average Bonchev–Trinajstić information content (AvgIpc) is 2.88. The number of hydrogen-bond donors (Lipinski definition) is 2. The van der Waals surface area contributed by atoms with Crippen LogP contribution >= 0.6 is 0 Å². The number of nitrogens with one attached hydrogen (secondary N) is 1. The van der Waals surface area contributed by atoms with Crippen molar-refractivity contribution in [1.82, 2.24) is 15.1 Å². The van der Waals surface area contributed by atoms with Gasteiger partial charge in [-0.3, -0.25) is 4.90 Å². The van der Waals surface area contributed by atoms with E-state index in [9.17, 15) is 9.59 Å². The molecule has 0 bridgehead atoms. The van der Waals surface area contributed by atoms with E-state index in [1.54, 1.807) is 0 Å². The van der Waals surface area contributed by atoms with E-state index in [0.717, 1.165) is 13.1 Å². The quantitative estimate of drug-likeness (QED) is 0.781. The molecule has 0 aromatic heterocycles. The van der Waals surface area contributed by atoms with Crippen molar-refractivity contribution in [3.63, 3.8) is 0 Å². The van der Waals surface area contributed by atoms with E-state index in [-0.39, 0.29) is 12.1 Å². The summed E-state index contributed by atoms with van der Waals surface area (Å²) in [4.78, 5) is 26.6. The smallest absolute Gasteiger partial charge is 0.329 e. The Balaban J connectivity index is 2.44. The molecule has 0 spiro atoms. The first-order chi connectivity index (χ1) is 8.76. The number of likely N-dealkylation sites (tertiary alicyclic amines) is 1. The van der Waals surface area contributed by atoms with E-state index in [4.69, 9.17) is 5.11 Å². The number of aliphatic carboxylic acids is 1. The predicted octanol–water partition coefficient (Wildman–Crippen LogP) is 0.975. The maximum atomic E-state index is 11.9. The Hall–Kier alpha value is -1.30. The minimum absolute atomic E-state index is 0.285. The van der Waals surface area contributed by atoms with Crippen molar-refractivity contribution >= 4 is 12.0 Å². The number of likely N-dealkylation sites (N-methyl/N-ethyl adjacent to an activating group) is 1. The molecule has 1 aliphatic heterocycles. The number of carbonyl (C=O) groups is 2.